The van der Waals surface area contributed by atoms with Crippen molar-refractivity contribution >= 4 is 15.7 Å². The van der Waals surface area contributed by atoms with E-state index < -0.39 is 10.0 Å². The standard InChI is InChI=1S/C20H25NO4S/c1-15-14-17(10-11-20(15)25-13-12-24-2)26(22,23)21-19-9-5-7-16-6-3-4-8-18(16)19/h5,7,9-11,14,21H,3-4,6,8,12-13H2,1-2H3. The Morgan fingerprint density at radius 2 is 1.88 bits per heavy atom. The van der Waals surface area contributed by atoms with Crippen LogP contribution in [0, 0.1) is 6.92 Å². The summed E-state index contributed by atoms with van der Waals surface area (Å²) in [4.78, 5) is 0.238. The summed E-state index contributed by atoms with van der Waals surface area (Å²) in [6.45, 7) is 2.75. The van der Waals surface area contributed by atoms with Gasteiger partial charge in [-0.1, -0.05) is 12.1 Å². The monoisotopic (exact) mass is 375 g/mol. The first-order chi connectivity index (χ1) is 12.5. The van der Waals surface area contributed by atoms with Crippen molar-refractivity contribution in [1.82, 2.24) is 0 Å². The fourth-order valence-corrected chi connectivity index (χ4v) is 4.44. The third kappa shape index (κ3) is 4.19. The second-order valence-corrected chi connectivity index (χ2v) is 8.21. The van der Waals surface area contributed by atoms with Crippen LogP contribution >= 0.6 is 0 Å². The molecule has 140 valence electrons. The first kappa shape index (κ1) is 18.7. The van der Waals surface area contributed by atoms with E-state index in [1.165, 1.54) is 5.56 Å². The number of rotatable bonds is 7. The average Bonchev–Trinajstić information content (AvgIpc) is 2.63. The van der Waals surface area contributed by atoms with Crippen LogP contribution in [0.4, 0.5) is 5.69 Å². The highest BCUT2D eigenvalue weighted by molar-refractivity contribution is 7.92. The summed E-state index contributed by atoms with van der Waals surface area (Å²) in [7, 11) is -2.03. The highest BCUT2D eigenvalue weighted by Gasteiger charge is 2.20. The summed E-state index contributed by atoms with van der Waals surface area (Å²) in [6.07, 6.45) is 4.18. The number of sulfonamides is 1. The number of nitrogens with one attached hydrogen (secondary N) is 1. The van der Waals surface area contributed by atoms with Crippen LogP contribution in [0.25, 0.3) is 0 Å². The SMILES string of the molecule is COCCOc1ccc(S(=O)(=O)Nc2cccc3c2CCCC3)cc1C. The maximum absolute atomic E-state index is 12.8. The van der Waals surface area contributed by atoms with Crippen molar-refractivity contribution in [2.45, 2.75) is 37.5 Å². The Hall–Kier alpha value is -2.05. The van der Waals surface area contributed by atoms with Crippen LogP contribution in [-0.2, 0) is 27.6 Å². The number of aryl methyl sites for hydroxylation is 2. The van der Waals surface area contributed by atoms with Crippen molar-refractivity contribution in [2.24, 2.45) is 0 Å². The molecule has 0 spiro atoms. The van der Waals surface area contributed by atoms with E-state index in [0.717, 1.165) is 36.8 Å². The topological polar surface area (TPSA) is 64.6 Å². The largest absolute Gasteiger partial charge is 0.491 e. The van der Waals surface area contributed by atoms with Gasteiger partial charge < -0.3 is 9.47 Å². The second kappa shape index (κ2) is 8.10. The van der Waals surface area contributed by atoms with Gasteiger partial charge in [0.2, 0.25) is 0 Å². The van der Waals surface area contributed by atoms with Gasteiger partial charge in [0.05, 0.1) is 17.2 Å². The quantitative estimate of drug-likeness (QED) is 0.750. The molecule has 0 aliphatic heterocycles. The predicted molar refractivity (Wildman–Crippen MR) is 102 cm³/mol. The molecule has 26 heavy (non-hydrogen) atoms. The number of hydrogen-bond donors (Lipinski definition) is 1. The van der Waals surface area contributed by atoms with Crippen molar-refractivity contribution in [3.63, 3.8) is 0 Å². The van der Waals surface area contributed by atoms with Crippen molar-refractivity contribution in [1.29, 1.82) is 0 Å². The van der Waals surface area contributed by atoms with Crippen LogP contribution in [0.15, 0.2) is 41.3 Å². The van der Waals surface area contributed by atoms with Gasteiger partial charge in [0.25, 0.3) is 10.0 Å². The molecule has 2 aromatic carbocycles. The molecule has 1 aliphatic carbocycles. The van der Waals surface area contributed by atoms with Crippen molar-refractivity contribution in [3.8, 4) is 5.75 Å². The summed E-state index contributed by atoms with van der Waals surface area (Å²) >= 11 is 0. The molecule has 0 saturated carbocycles. The number of hydrogen-bond acceptors (Lipinski definition) is 4. The zero-order valence-electron chi connectivity index (χ0n) is 15.2. The molecule has 0 heterocycles. The summed E-state index contributed by atoms with van der Waals surface area (Å²) in [6, 6.07) is 10.8. The van der Waals surface area contributed by atoms with Gasteiger partial charge in [-0.15, -0.1) is 0 Å². The van der Waals surface area contributed by atoms with Gasteiger partial charge in [-0.05, 0) is 73.6 Å². The van der Waals surface area contributed by atoms with Crippen LogP contribution < -0.4 is 9.46 Å². The van der Waals surface area contributed by atoms with Crippen molar-refractivity contribution in [3.05, 3.63) is 53.1 Å². The number of anilines is 1. The van der Waals surface area contributed by atoms with E-state index >= 15 is 0 Å². The molecule has 5 nitrogen and oxygen atoms in total. The van der Waals surface area contributed by atoms with Crippen LogP contribution in [0.2, 0.25) is 0 Å². The molecule has 2 aromatic rings. The molecule has 1 N–H and O–H groups in total. The summed E-state index contributed by atoms with van der Waals surface area (Å²) in [5.74, 6) is 0.665. The fraction of sp³-hybridized carbons (Fsp3) is 0.400. The molecule has 0 amide bonds. The Kier molecular flexibility index (Phi) is 5.84. The van der Waals surface area contributed by atoms with Gasteiger partial charge in [-0.25, -0.2) is 8.42 Å². The average molecular weight is 375 g/mol. The minimum atomic E-state index is -3.64. The van der Waals surface area contributed by atoms with E-state index in [9.17, 15) is 8.42 Å². The summed E-state index contributed by atoms with van der Waals surface area (Å²) in [5.41, 5.74) is 3.84. The molecule has 0 aromatic heterocycles. The predicted octanol–water partition coefficient (Wildman–Crippen LogP) is 3.70. The van der Waals surface area contributed by atoms with Gasteiger partial charge in [0, 0.05) is 7.11 Å². The van der Waals surface area contributed by atoms with E-state index in [2.05, 4.69) is 10.8 Å². The highest BCUT2D eigenvalue weighted by Crippen LogP contribution is 2.30. The van der Waals surface area contributed by atoms with E-state index in [4.69, 9.17) is 9.47 Å². The lowest BCUT2D eigenvalue weighted by atomic mass is 9.91. The van der Waals surface area contributed by atoms with Crippen molar-refractivity contribution in [2.75, 3.05) is 25.0 Å². The van der Waals surface area contributed by atoms with Gasteiger partial charge in [-0.3, -0.25) is 4.72 Å². The van der Waals surface area contributed by atoms with Gasteiger partial charge in [-0.2, -0.15) is 0 Å². The molecule has 0 radical (unpaired) electrons. The van der Waals surface area contributed by atoms with Crippen LogP contribution in [0.5, 0.6) is 5.75 Å². The number of fused-ring (bicyclic) bond motifs is 1. The van der Waals surface area contributed by atoms with Crippen LogP contribution in [0.3, 0.4) is 0 Å². The highest BCUT2D eigenvalue weighted by atomic mass is 32.2. The van der Waals surface area contributed by atoms with E-state index in [0.29, 0.717) is 24.7 Å². The smallest absolute Gasteiger partial charge is 0.261 e. The Morgan fingerprint density at radius 3 is 2.65 bits per heavy atom. The lowest BCUT2D eigenvalue weighted by molar-refractivity contribution is 0.146. The lowest BCUT2D eigenvalue weighted by Crippen LogP contribution is -2.16. The Bertz CT molecular complexity index is 877. The molecular weight excluding hydrogens is 350 g/mol. The molecule has 0 saturated heterocycles. The zero-order valence-corrected chi connectivity index (χ0v) is 16.1. The zero-order chi connectivity index (χ0) is 18.6. The number of ether oxygens (including phenoxy) is 2. The molecule has 0 atom stereocenters. The van der Waals surface area contributed by atoms with Crippen LogP contribution in [-0.4, -0.2) is 28.7 Å². The van der Waals surface area contributed by atoms with E-state index in [-0.39, 0.29) is 4.90 Å². The molecule has 6 heteroatoms. The minimum absolute atomic E-state index is 0.238. The number of methoxy groups -OCH3 is 1. The first-order valence-electron chi connectivity index (χ1n) is 8.87. The van der Waals surface area contributed by atoms with Crippen LogP contribution in [0.1, 0.15) is 29.5 Å². The normalized spacial score (nSPS) is 13.9. The lowest BCUT2D eigenvalue weighted by Gasteiger charge is -2.20. The molecule has 1 aliphatic rings. The third-order valence-corrected chi connectivity index (χ3v) is 6.01. The maximum Gasteiger partial charge on any atom is 0.261 e. The molecule has 0 fully saturated rings. The summed E-state index contributed by atoms with van der Waals surface area (Å²) in [5, 5.41) is 0. The fourth-order valence-electron chi connectivity index (χ4n) is 3.27. The van der Waals surface area contributed by atoms with Gasteiger partial charge in [0.15, 0.2) is 0 Å². The van der Waals surface area contributed by atoms with E-state index in [1.54, 1.807) is 25.3 Å². The Morgan fingerprint density at radius 1 is 1.08 bits per heavy atom. The van der Waals surface area contributed by atoms with Crippen molar-refractivity contribution < 1.29 is 17.9 Å². The van der Waals surface area contributed by atoms with E-state index in [1.807, 2.05) is 19.1 Å². The second-order valence-electron chi connectivity index (χ2n) is 6.52. The first-order valence-corrected chi connectivity index (χ1v) is 10.4. The Balaban J connectivity index is 1.82. The summed E-state index contributed by atoms with van der Waals surface area (Å²) < 4.78 is 39.0. The Labute approximate surface area is 155 Å². The number of benzene rings is 2. The molecule has 0 unspecified atom stereocenters. The maximum atomic E-state index is 12.8. The molecule has 0 bridgehead atoms. The third-order valence-electron chi connectivity index (χ3n) is 4.64. The molecular formula is C20H25NO4S. The van der Waals surface area contributed by atoms with Gasteiger partial charge in [0.1, 0.15) is 12.4 Å². The van der Waals surface area contributed by atoms with Gasteiger partial charge >= 0.3 is 0 Å². The molecule has 3 rings (SSSR count). The minimum Gasteiger partial charge on any atom is -0.491 e.